The normalized spacial score (nSPS) is 12.2. The molecule has 7 heteroatoms. The number of aliphatic hydroxyl groups excluding tert-OH is 1. The lowest BCUT2D eigenvalue weighted by Gasteiger charge is -2.13. The number of nitrogens with one attached hydrogen (secondary N) is 2. The predicted molar refractivity (Wildman–Crippen MR) is 85.4 cm³/mol. The van der Waals surface area contributed by atoms with Crippen molar-refractivity contribution in [2.24, 2.45) is 5.92 Å². The molecule has 0 aliphatic carbocycles. The van der Waals surface area contributed by atoms with E-state index < -0.39 is 18.0 Å². The number of rotatable bonds is 6. The monoisotopic (exact) mass is 320 g/mol. The first-order valence-corrected chi connectivity index (χ1v) is 7.45. The highest BCUT2D eigenvalue weighted by Gasteiger charge is 2.13. The van der Waals surface area contributed by atoms with Gasteiger partial charge < -0.3 is 15.7 Å². The third kappa shape index (κ3) is 5.07. The first-order valence-electron chi connectivity index (χ1n) is 7.45. The molecular formula is C16H21FN4O2. The molecule has 0 radical (unpaired) electrons. The molecule has 0 aliphatic heterocycles. The molecule has 0 fully saturated rings. The zero-order valence-corrected chi connectivity index (χ0v) is 13.2. The summed E-state index contributed by atoms with van der Waals surface area (Å²) in [7, 11) is 0. The van der Waals surface area contributed by atoms with E-state index in [0.29, 0.717) is 11.6 Å². The SMILES string of the molecule is CC(C)Cn1cc(NC(=O)NCC(O)c2ccccc2F)cn1. The first-order chi connectivity index (χ1) is 11.0. The van der Waals surface area contributed by atoms with Crippen molar-refractivity contribution in [1.82, 2.24) is 15.1 Å². The Bertz CT molecular complexity index is 657. The molecule has 124 valence electrons. The average molecular weight is 320 g/mol. The van der Waals surface area contributed by atoms with Crippen LogP contribution in [0.5, 0.6) is 0 Å². The molecule has 2 rings (SSSR count). The third-order valence-electron chi connectivity index (χ3n) is 3.16. The second-order valence-corrected chi connectivity index (χ2v) is 5.72. The fraction of sp³-hybridized carbons (Fsp3) is 0.375. The highest BCUT2D eigenvalue weighted by molar-refractivity contribution is 5.88. The molecule has 0 saturated carbocycles. The van der Waals surface area contributed by atoms with Gasteiger partial charge in [-0.25, -0.2) is 9.18 Å². The molecule has 1 aromatic heterocycles. The lowest BCUT2D eigenvalue weighted by atomic mass is 10.1. The van der Waals surface area contributed by atoms with E-state index in [1.807, 2.05) is 0 Å². The van der Waals surface area contributed by atoms with Gasteiger partial charge in [-0.2, -0.15) is 5.10 Å². The van der Waals surface area contributed by atoms with Crippen LogP contribution in [0.2, 0.25) is 0 Å². The van der Waals surface area contributed by atoms with E-state index >= 15 is 0 Å². The van der Waals surface area contributed by atoms with E-state index in [0.717, 1.165) is 6.54 Å². The molecule has 1 unspecified atom stereocenters. The zero-order chi connectivity index (χ0) is 16.8. The molecule has 0 aliphatic rings. The second kappa shape index (κ2) is 7.73. The first kappa shape index (κ1) is 17.0. The van der Waals surface area contributed by atoms with E-state index in [2.05, 4.69) is 29.6 Å². The lowest BCUT2D eigenvalue weighted by Crippen LogP contribution is -2.32. The molecule has 2 aromatic rings. The molecule has 23 heavy (non-hydrogen) atoms. The van der Waals surface area contributed by atoms with Gasteiger partial charge in [-0.15, -0.1) is 0 Å². The van der Waals surface area contributed by atoms with Gasteiger partial charge >= 0.3 is 6.03 Å². The number of anilines is 1. The molecular weight excluding hydrogens is 299 g/mol. The Kier molecular flexibility index (Phi) is 5.70. The summed E-state index contributed by atoms with van der Waals surface area (Å²) in [6.45, 7) is 4.82. The summed E-state index contributed by atoms with van der Waals surface area (Å²) in [6.07, 6.45) is 2.17. The molecule has 1 aromatic carbocycles. The van der Waals surface area contributed by atoms with E-state index in [9.17, 15) is 14.3 Å². The van der Waals surface area contributed by atoms with Crippen molar-refractivity contribution in [2.75, 3.05) is 11.9 Å². The maximum Gasteiger partial charge on any atom is 0.319 e. The van der Waals surface area contributed by atoms with Gasteiger partial charge in [0.15, 0.2) is 0 Å². The van der Waals surface area contributed by atoms with Crippen LogP contribution in [-0.4, -0.2) is 27.5 Å². The molecule has 3 N–H and O–H groups in total. The summed E-state index contributed by atoms with van der Waals surface area (Å²) < 4.78 is 15.3. The zero-order valence-electron chi connectivity index (χ0n) is 13.2. The largest absolute Gasteiger partial charge is 0.386 e. The Labute approximate surface area is 134 Å². The third-order valence-corrected chi connectivity index (χ3v) is 3.16. The molecule has 2 amide bonds. The van der Waals surface area contributed by atoms with Gasteiger partial charge in [-0.3, -0.25) is 4.68 Å². The topological polar surface area (TPSA) is 79.2 Å². The molecule has 1 atom stereocenters. The Hall–Kier alpha value is -2.41. The lowest BCUT2D eigenvalue weighted by molar-refractivity contribution is 0.170. The number of benzene rings is 1. The summed E-state index contributed by atoms with van der Waals surface area (Å²) in [6, 6.07) is 5.44. The van der Waals surface area contributed by atoms with Crippen LogP contribution in [0.15, 0.2) is 36.7 Å². The van der Waals surface area contributed by atoms with Gasteiger partial charge in [0, 0.05) is 24.8 Å². The number of carbonyl (C=O) groups is 1. The Morgan fingerprint density at radius 1 is 1.39 bits per heavy atom. The number of urea groups is 1. The number of carbonyl (C=O) groups excluding carboxylic acids is 1. The minimum absolute atomic E-state index is 0.0904. The van der Waals surface area contributed by atoms with Crippen LogP contribution in [0.1, 0.15) is 25.5 Å². The van der Waals surface area contributed by atoms with Gasteiger partial charge in [0.2, 0.25) is 0 Å². The standard InChI is InChI=1S/C16H21FN4O2/c1-11(2)9-21-10-12(7-19-21)20-16(23)18-8-15(22)13-5-3-4-6-14(13)17/h3-7,10-11,15,22H,8-9H2,1-2H3,(H2,18,20,23). The Morgan fingerprint density at radius 2 is 2.13 bits per heavy atom. The Balaban J connectivity index is 1.83. The number of hydrogen-bond donors (Lipinski definition) is 3. The van der Waals surface area contributed by atoms with Crippen LogP contribution in [0, 0.1) is 11.7 Å². The number of hydrogen-bond acceptors (Lipinski definition) is 3. The number of aromatic nitrogens is 2. The predicted octanol–water partition coefficient (Wildman–Crippen LogP) is 2.53. The van der Waals surface area contributed by atoms with Gasteiger partial charge in [-0.1, -0.05) is 32.0 Å². The minimum atomic E-state index is -1.11. The van der Waals surface area contributed by atoms with Crippen LogP contribution < -0.4 is 10.6 Å². The van der Waals surface area contributed by atoms with Gasteiger partial charge in [-0.05, 0) is 12.0 Å². The van der Waals surface area contributed by atoms with Crippen molar-refractivity contribution in [3.63, 3.8) is 0 Å². The van der Waals surface area contributed by atoms with Gasteiger partial charge in [0.05, 0.1) is 18.0 Å². The van der Waals surface area contributed by atoms with E-state index in [1.54, 1.807) is 29.2 Å². The van der Waals surface area contributed by atoms with Crippen molar-refractivity contribution in [3.8, 4) is 0 Å². The minimum Gasteiger partial charge on any atom is -0.386 e. The van der Waals surface area contributed by atoms with Crippen molar-refractivity contribution < 1.29 is 14.3 Å². The summed E-state index contributed by atoms with van der Waals surface area (Å²) in [4.78, 5) is 11.8. The van der Waals surface area contributed by atoms with Crippen LogP contribution in [-0.2, 0) is 6.54 Å². The van der Waals surface area contributed by atoms with Crippen LogP contribution in [0.25, 0.3) is 0 Å². The van der Waals surface area contributed by atoms with Crippen LogP contribution in [0.4, 0.5) is 14.9 Å². The molecule has 0 spiro atoms. The van der Waals surface area contributed by atoms with Crippen molar-refractivity contribution in [2.45, 2.75) is 26.5 Å². The molecule has 1 heterocycles. The van der Waals surface area contributed by atoms with Gasteiger partial charge in [0.1, 0.15) is 5.82 Å². The van der Waals surface area contributed by atoms with Crippen molar-refractivity contribution >= 4 is 11.7 Å². The van der Waals surface area contributed by atoms with E-state index in [-0.39, 0.29) is 12.1 Å². The fourth-order valence-electron chi connectivity index (χ4n) is 2.12. The van der Waals surface area contributed by atoms with E-state index in [1.165, 1.54) is 12.1 Å². The number of amides is 2. The average Bonchev–Trinajstić information content (AvgIpc) is 2.91. The number of aliphatic hydroxyl groups is 1. The van der Waals surface area contributed by atoms with Crippen molar-refractivity contribution in [1.29, 1.82) is 0 Å². The van der Waals surface area contributed by atoms with E-state index in [4.69, 9.17) is 0 Å². The smallest absolute Gasteiger partial charge is 0.319 e. The van der Waals surface area contributed by atoms with Crippen LogP contribution in [0.3, 0.4) is 0 Å². The maximum atomic E-state index is 13.5. The summed E-state index contributed by atoms with van der Waals surface area (Å²) >= 11 is 0. The summed E-state index contributed by atoms with van der Waals surface area (Å²) in [5.41, 5.74) is 0.709. The molecule has 6 nitrogen and oxygen atoms in total. The molecule has 0 bridgehead atoms. The van der Waals surface area contributed by atoms with Crippen molar-refractivity contribution in [3.05, 3.63) is 48.0 Å². The number of halogens is 1. The molecule has 0 saturated heterocycles. The highest BCUT2D eigenvalue weighted by atomic mass is 19.1. The van der Waals surface area contributed by atoms with Crippen LogP contribution >= 0.6 is 0 Å². The summed E-state index contributed by atoms with van der Waals surface area (Å²) in [5.74, 6) is -0.0512. The fourth-order valence-corrected chi connectivity index (χ4v) is 2.12. The van der Waals surface area contributed by atoms with Gasteiger partial charge in [0.25, 0.3) is 0 Å². The second-order valence-electron chi connectivity index (χ2n) is 5.72. The summed E-state index contributed by atoms with van der Waals surface area (Å²) in [5, 5.41) is 19.2. The highest BCUT2D eigenvalue weighted by Crippen LogP contribution is 2.15. The Morgan fingerprint density at radius 3 is 2.83 bits per heavy atom. The quantitative estimate of drug-likeness (QED) is 0.765. The number of nitrogens with zero attached hydrogens (tertiary/aromatic N) is 2. The maximum absolute atomic E-state index is 13.5.